The number of nitrogens with zero attached hydrogens (tertiary/aromatic N) is 1. The van der Waals surface area contributed by atoms with Gasteiger partial charge in [-0.05, 0) is 24.1 Å². The number of carbonyl (C=O) groups is 1. The predicted molar refractivity (Wildman–Crippen MR) is 77.1 cm³/mol. The zero-order chi connectivity index (χ0) is 14.0. The highest BCUT2D eigenvalue weighted by molar-refractivity contribution is 6.36. The zero-order valence-electron chi connectivity index (χ0n) is 10.5. The number of aromatic nitrogens is 2. The molecule has 0 saturated heterocycles. The zero-order valence-corrected chi connectivity index (χ0v) is 12.0. The van der Waals surface area contributed by atoms with Crippen molar-refractivity contribution in [1.82, 2.24) is 10.2 Å². The van der Waals surface area contributed by atoms with E-state index in [2.05, 4.69) is 15.5 Å². The van der Waals surface area contributed by atoms with Crippen molar-refractivity contribution in [2.24, 2.45) is 0 Å². The number of benzene rings is 1. The van der Waals surface area contributed by atoms with Gasteiger partial charge in [0.1, 0.15) is 0 Å². The van der Waals surface area contributed by atoms with Gasteiger partial charge in [-0.25, -0.2) is 0 Å². The Kier molecular flexibility index (Phi) is 4.12. The molecule has 1 aromatic carbocycles. The minimum absolute atomic E-state index is 0.313. The van der Waals surface area contributed by atoms with Crippen molar-refractivity contribution in [1.29, 1.82) is 0 Å². The van der Waals surface area contributed by atoms with Gasteiger partial charge >= 0.3 is 0 Å². The molecule has 2 N–H and O–H groups in total. The highest BCUT2D eigenvalue weighted by Gasteiger charge is 2.13. The van der Waals surface area contributed by atoms with Crippen molar-refractivity contribution in [2.75, 3.05) is 5.32 Å². The first-order valence-electron chi connectivity index (χ1n) is 5.79. The summed E-state index contributed by atoms with van der Waals surface area (Å²) in [5.74, 6) is 0.437. The highest BCUT2D eigenvalue weighted by atomic mass is 35.5. The molecule has 1 heterocycles. The molecule has 2 rings (SSSR count). The Morgan fingerprint density at radius 2 is 2.05 bits per heavy atom. The van der Waals surface area contributed by atoms with Crippen molar-refractivity contribution in [3.63, 3.8) is 0 Å². The molecular formula is C13H13Cl2N3O. The number of hydrogen-bond donors (Lipinski definition) is 2. The maximum Gasteiger partial charge on any atom is 0.258 e. The number of amides is 1. The van der Waals surface area contributed by atoms with Crippen LogP contribution in [0.3, 0.4) is 0 Å². The molecule has 0 unspecified atom stereocenters. The molecular weight excluding hydrogens is 285 g/mol. The van der Waals surface area contributed by atoms with Crippen LogP contribution in [-0.4, -0.2) is 16.1 Å². The average molecular weight is 298 g/mol. The van der Waals surface area contributed by atoms with E-state index in [0.717, 1.165) is 5.69 Å². The Hall–Kier alpha value is -1.52. The molecule has 0 aliphatic heterocycles. The van der Waals surface area contributed by atoms with E-state index in [4.69, 9.17) is 23.2 Å². The number of carbonyl (C=O) groups excluding carboxylic acids is 1. The van der Waals surface area contributed by atoms with Crippen LogP contribution in [0.25, 0.3) is 0 Å². The third-order valence-electron chi connectivity index (χ3n) is 2.63. The molecule has 0 bridgehead atoms. The Morgan fingerprint density at radius 1 is 1.32 bits per heavy atom. The summed E-state index contributed by atoms with van der Waals surface area (Å²) in [6, 6.07) is 6.53. The number of halogens is 2. The molecule has 100 valence electrons. The second-order valence-corrected chi connectivity index (χ2v) is 5.29. The van der Waals surface area contributed by atoms with E-state index in [1.165, 1.54) is 6.07 Å². The fourth-order valence-corrected chi connectivity index (χ4v) is 1.93. The Morgan fingerprint density at radius 3 is 2.68 bits per heavy atom. The van der Waals surface area contributed by atoms with Gasteiger partial charge in [0.2, 0.25) is 0 Å². The van der Waals surface area contributed by atoms with Crippen LogP contribution >= 0.6 is 23.2 Å². The lowest BCUT2D eigenvalue weighted by molar-refractivity contribution is 0.102. The van der Waals surface area contributed by atoms with Crippen molar-refractivity contribution >= 4 is 34.9 Å². The van der Waals surface area contributed by atoms with Crippen LogP contribution in [0.5, 0.6) is 0 Å². The van der Waals surface area contributed by atoms with E-state index in [1.54, 1.807) is 18.2 Å². The molecule has 1 aromatic heterocycles. The molecule has 6 heteroatoms. The summed E-state index contributed by atoms with van der Waals surface area (Å²) in [5, 5.41) is 10.4. The minimum atomic E-state index is -0.339. The Balaban J connectivity index is 2.18. The van der Waals surface area contributed by atoms with Crippen LogP contribution < -0.4 is 5.32 Å². The quantitative estimate of drug-likeness (QED) is 0.896. The lowest BCUT2D eigenvalue weighted by Crippen LogP contribution is -2.12. The highest BCUT2D eigenvalue weighted by Crippen LogP contribution is 2.22. The van der Waals surface area contributed by atoms with Crippen LogP contribution in [-0.2, 0) is 0 Å². The number of rotatable bonds is 3. The molecule has 0 saturated carbocycles. The predicted octanol–water partition coefficient (Wildman–Crippen LogP) is 4.09. The fraction of sp³-hybridized carbons (Fsp3) is 0.231. The fourth-order valence-electron chi connectivity index (χ4n) is 1.55. The molecule has 0 fully saturated rings. The van der Waals surface area contributed by atoms with E-state index < -0.39 is 0 Å². The van der Waals surface area contributed by atoms with E-state index in [0.29, 0.717) is 27.3 Å². The topological polar surface area (TPSA) is 57.8 Å². The van der Waals surface area contributed by atoms with E-state index in [-0.39, 0.29) is 5.91 Å². The summed E-state index contributed by atoms with van der Waals surface area (Å²) in [7, 11) is 0. The first-order chi connectivity index (χ1) is 8.97. The van der Waals surface area contributed by atoms with Gasteiger partial charge in [0.15, 0.2) is 5.82 Å². The minimum Gasteiger partial charge on any atom is -0.305 e. The number of H-pyrrole nitrogens is 1. The van der Waals surface area contributed by atoms with Crippen molar-refractivity contribution in [3.8, 4) is 0 Å². The summed E-state index contributed by atoms with van der Waals surface area (Å²) in [6.07, 6.45) is 0. The Labute approximate surface area is 121 Å². The Bertz CT molecular complexity index is 608. The van der Waals surface area contributed by atoms with Crippen LogP contribution in [0.1, 0.15) is 35.8 Å². The van der Waals surface area contributed by atoms with Crippen molar-refractivity contribution in [2.45, 2.75) is 19.8 Å². The summed E-state index contributed by atoms with van der Waals surface area (Å²) < 4.78 is 0. The standard InChI is InChI=1S/C13H13Cl2N3O/c1-7(2)11-6-12(18-17-11)16-13(19)9-5-8(14)3-4-10(9)15/h3-7H,1-2H3,(H2,16,17,18,19). The van der Waals surface area contributed by atoms with Gasteiger partial charge in [0.05, 0.1) is 10.6 Å². The number of anilines is 1. The lowest BCUT2D eigenvalue weighted by Gasteiger charge is -2.04. The normalized spacial score (nSPS) is 10.8. The maximum absolute atomic E-state index is 12.1. The van der Waals surface area contributed by atoms with Gasteiger partial charge in [-0.2, -0.15) is 5.10 Å². The second-order valence-electron chi connectivity index (χ2n) is 4.44. The van der Waals surface area contributed by atoms with E-state index in [1.807, 2.05) is 13.8 Å². The first-order valence-corrected chi connectivity index (χ1v) is 6.54. The van der Waals surface area contributed by atoms with Gasteiger partial charge in [-0.3, -0.25) is 9.89 Å². The molecule has 0 radical (unpaired) electrons. The van der Waals surface area contributed by atoms with Crippen LogP contribution in [0.4, 0.5) is 5.82 Å². The van der Waals surface area contributed by atoms with Crippen molar-refractivity contribution < 1.29 is 4.79 Å². The summed E-state index contributed by atoms with van der Waals surface area (Å²) in [6.45, 7) is 4.07. The molecule has 2 aromatic rings. The third kappa shape index (κ3) is 3.28. The SMILES string of the molecule is CC(C)c1cc(NC(=O)c2cc(Cl)ccc2Cl)n[nH]1. The molecule has 4 nitrogen and oxygen atoms in total. The number of nitrogens with one attached hydrogen (secondary N) is 2. The molecule has 1 amide bonds. The maximum atomic E-state index is 12.1. The molecule has 0 aliphatic rings. The van der Waals surface area contributed by atoms with Gasteiger partial charge in [-0.1, -0.05) is 37.0 Å². The van der Waals surface area contributed by atoms with Crippen molar-refractivity contribution in [3.05, 3.63) is 45.6 Å². The molecule has 0 spiro atoms. The lowest BCUT2D eigenvalue weighted by atomic mass is 10.1. The second kappa shape index (κ2) is 5.63. The molecule has 19 heavy (non-hydrogen) atoms. The summed E-state index contributed by atoms with van der Waals surface area (Å²) >= 11 is 11.8. The van der Waals surface area contributed by atoms with Crippen LogP contribution in [0.2, 0.25) is 10.0 Å². The number of aromatic amines is 1. The van der Waals surface area contributed by atoms with E-state index >= 15 is 0 Å². The summed E-state index contributed by atoms with van der Waals surface area (Å²) in [4.78, 5) is 12.1. The smallest absolute Gasteiger partial charge is 0.258 e. The molecule has 0 atom stereocenters. The summed E-state index contributed by atoms with van der Waals surface area (Å²) in [5.41, 5.74) is 1.27. The van der Waals surface area contributed by atoms with Gasteiger partial charge in [0.25, 0.3) is 5.91 Å². The first kappa shape index (κ1) is 13.9. The van der Waals surface area contributed by atoms with Gasteiger partial charge in [0, 0.05) is 16.8 Å². The van der Waals surface area contributed by atoms with Gasteiger partial charge < -0.3 is 5.32 Å². The van der Waals surface area contributed by atoms with E-state index in [9.17, 15) is 4.79 Å². The average Bonchev–Trinajstić information content (AvgIpc) is 2.80. The van der Waals surface area contributed by atoms with Gasteiger partial charge in [-0.15, -0.1) is 0 Å². The van der Waals surface area contributed by atoms with Crippen LogP contribution in [0.15, 0.2) is 24.3 Å². The largest absolute Gasteiger partial charge is 0.305 e. The van der Waals surface area contributed by atoms with Crippen LogP contribution in [0, 0.1) is 0 Å². The molecule has 0 aliphatic carbocycles. The third-order valence-corrected chi connectivity index (χ3v) is 3.20. The monoisotopic (exact) mass is 297 g/mol. The number of hydrogen-bond acceptors (Lipinski definition) is 2.